The molecule has 0 aromatic carbocycles. The molecule has 1 aliphatic carbocycles. The second-order valence-corrected chi connectivity index (χ2v) is 5.47. The van der Waals surface area contributed by atoms with Gasteiger partial charge in [-0.1, -0.05) is 19.8 Å². The molecule has 4 heteroatoms. The maximum atomic E-state index is 12.4. The van der Waals surface area contributed by atoms with Crippen molar-refractivity contribution in [1.82, 2.24) is 4.90 Å². The molecule has 1 aliphatic heterocycles. The molecule has 1 atom stereocenters. The summed E-state index contributed by atoms with van der Waals surface area (Å²) in [5.74, 6) is 0.781. The molecule has 16 heavy (non-hydrogen) atoms. The summed E-state index contributed by atoms with van der Waals surface area (Å²) in [6.45, 7) is 4.12. The summed E-state index contributed by atoms with van der Waals surface area (Å²) in [7, 11) is 0. The van der Waals surface area contributed by atoms with Gasteiger partial charge in [0.2, 0.25) is 5.91 Å². The van der Waals surface area contributed by atoms with E-state index in [1.807, 2.05) is 4.90 Å². The fourth-order valence-corrected chi connectivity index (χ4v) is 2.93. The molecule has 1 amide bonds. The van der Waals surface area contributed by atoms with Crippen LogP contribution >= 0.6 is 11.6 Å². The van der Waals surface area contributed by atoms with E-state index in [1.54, 1.807) is 0 Å². The standard InChI is InChI=1S/C12H20ClNO2/c1-12(4-2-3-5-12)11(15)14-6-7-16-10(8-13)9-14/h10H,2-9H2,1H3. The molecule has 0 aromatic rings. The highest BCUT2D eigenvalue weighted by molar-refractivity contribution is 6.18. The summed E-state index contributed by atoms with van der Waals surface area (Å²) >= 11 is 5.78. The zero-order valence-corrected chi connectivity index (χ0v) is 10.6. The Kier molecular flexibility index (Phi) is 3.75. The van der Waals surface area contributed by atoms with Gasteiger partial charge in [-0.15, -0.1) is 11.6 Å². The van der Waals surface area contributed by atoms with Crippen molar-refractivity contribution < 1.29 is 9.53 Å². The number of carbonyl (C=O) groups is 1. The monoisotopic (exact) mass is 245 g/mol. The molecule has 1 saturated heterocycles. The Morgan fingerprint density at radius 1 is 1.50 bits per heavy atom. The predicted molar refractivity (Wildman–Crippen MR) is 63.6 cm³/mol. The minimum atomic E-state index is -0.117. The predicted octanol–water partition coefficient (Wildman–Crippen LogP) is 2.03. The number of halogens is 1. The van der Waals surface area contributed by atoms with Crippen molar-refractivity contribution in [1.29, 1.82) is 0 Å². The summed E-state index contributed by atoms with van der Waals surface area (Å²) < 4.78 is 5.48. The third-order valence-corrected chi connectivity index (χ3v) is 4.17. The third kappa shape index (κ3) is 2.35. The van der Waals surface area contributed by atoms with Crippen LogP contribution in [0.1, 0.15) is 32.6 Å². The molecule has 0 aromatic heterocycles. The van der Waals surface area contributed by atoms with Gasteiger partial charge in [0.15, 0.2) is 0 Å². The summed E-state index contributed by atoms with van der Waals surface area (Å²) in [6.07, 6.45) is 4.46. The highest BCUT2D eigenvalue weighted by Crippen LogP contribution is 2.39. The minimum Gasteiger partial charge on any atom is -0.373 e. The van der Waals surface area contributed by atoms with Crippen LogP contribution in [0.5, 0.6) is 0 Å². The molecule has 92 valence electrons. The molecule has 0 N–H and O–H groups in total. The second kappa shape index (κ2) is 4.92. The molecule has 1 unspecified atom stereocenters. The zero-order chi connectivity index (χ0) is 11.6. The van der Waals surface area contributed by atoms with Crippen LogP contribution in [0.15, 0.2) is 0 Å². The Morgan fingerprint density at radius 3 is 2.81 bits per heavy atom. The van der Waals surface area contributed by atoms with Crippen LogP contribution in [-0.2, 0) is 9.53 Å². The molecular weight excluding hydrogens is 226 g/mol. The second-order valence-electron chi connectivity index (χ2n) is 5.17. The summed E-state index contributed by atoms with van der Waals surface area (Å²) in [5.41, 5.74) is -0.117. The van der Waals surface area contributed by atoms with Gasteiger partial charge >= 0.3 is 0 Å². The van der Waals surface area contributed by atoms with Gasteiger partial charge in [0, 0.05) is 18.5 Å². The number of morpholine rings is 1. The van der Waals surface area contributed by atoms with Crippen LogP contribution in [0.25, 0.3) is 0 Å². The lowest BCUT2D eigenvalue weighted by atomic mass is 9.87. The highest BCUT2D eigenvalue weighted by Gasteiger charge is 2.40. The van der Waals surface area contributed by atoms with Crippen LogP contribution < -0.4 is 0 Å². The molecule has 2 aliphatic rings. The molecule has 0 radical (unpaired) electrons. The number of ether oxygens (including phenoxy) is 1. The Labute approximate surface area is 102 Å². The normalized spacial score (nSPS) is 29.4. The van der Waals surface area contributed by atoms with E-state index in [2.05, 4.69) is 6.92 Å². The van der Waals surface area contributed by atoms with Gasteiger partial charge in [-0.05, 0) is 12.8 Å². The largest absolute Gasteiger partial charge is 0.373 e. The van der Waals surface area contributed by atoms with Crippen molar-refractivity contribution in [2.45, 2.75) is 38.7 Å². The first-order chi connectivity index (χ1) is 7.65. The van der Waals surface area contributed by atoms with Gasteiger partial charge in [0.25, 0.3) is 0 Å². The number of hydrogen-bond donors (Lipinski definition) is 0. The lowest BCUT2D eigenvalue weighted by Gasteiger charge is -2.37. The van der Waals surface area contributed by atoms with Crippen LogP contribution in [0.4, 0.5) is 0 Å². The van der Waals surface area contributed by atoms with Crippen molar-refractivity contribution in [2.24, 2.45) is 5.41 Å². The van der Waals surface area contributed by atoms with Crippen LogP contribution in [0.2, 0.25) is 0 Å². The molecule has 1 saturated carbocycles. The highest BCUT2D eigenvalue weighted by atomic mass is 35.5. The lowest BCUT2D eigenvalue weighted by Crippen LogP contribution is -2.50. The molecule has 2 fully saturated rings. The lowest BCUT2D eigenvalue weighted by molar-refractivity contribution is -0.147. The van der Waals surface area contributed by atoms with E-state index in [1.165, 1.54) is 12.8 Å². The fourth-order valence-electron chi connectivity index (χ4n) is 2.75. The first kappa shape index (κ1) is 12.2. The molecule has 0 spiro atoms. The van der Waals surface area contributed by atoms with Crippen molar-refractivity contribution in [3.63, 3.8) is 0 Å². The number of carbonyl (C=O) groups excluding carboxylic acids is 1. The average molecular weight is 246 g/mol. The molecule has 1 heterocycles. The molecule has 2 rings (SSSR count). The van der Waals surface area contributed by atoms with E-state index >= 15 is 0 Å². The number of alkyl halides is 1. The maximum absolute atomic E-state index is 12.4. The topological polar surface area (TPSA) is 29.5 Å². The first-order valence-electron chi connectivity index (χ1n) is 6.13. The van der Waals surface area contributed by atoms with Crippen molar-refractivity contribution in [2.75, 3.05) is 25.6 Å². The summed E-state index contributed by atoms with van der Waals surface area (Å²) in [4.78, 5) is 14.4. The van der Waals surface area contributed by atoms with Gasteiger partial charge in [-0.25, -0.2) is 0 Å². The van der Waals surface area contributed by atoms with Crippen LogP contribution in [0, 0.1) is 5.41 Å². The van der Waals surface area contributed by atoms with Crippen molar-refractivity contribution in [3.8, 4) is 0 Å². The number of nitrogens with zero attached hydrogens (tertiary/aromatic N) is 1. The van der Waals surface area contributed by atoms with Crippen molar-refractivity contribution >= 4 is 17.5 Å². The van der Waals surface area contributed by atoms with E-state index in [9.17, 15) is 4.79 Å². The van der Waals surface area contributed by atoms with E-state index in [-0.39, 0.29) is 11.5 Å². The Morgan fingerprint density at radius 2 is 2.19 bits per heavy atom. The van der Waals surface area contributed by atoms with Gasteiger partial charge < -0.3 is 9.64 Å². The zero-order valence-electron chi connectivity index (χ0n) is 9.88. The molecular formula is C12H20ClNO2. The van der Waals surface area contributed by atoms with Gasteiger partial charge in [0.1, 0.15) is 0 Å². The fraction of sp³-hybridized carbons (Fsp3) is 0.917. The summed E-state index contributed by atoms with van der Waals surface area (Å²) in [5, 5.41) is 0. The van der Waals surface area contributed by atoms with Gasteiger partial charge in [-0.3, -0.25) is 4.79 Å². The van der Waals surface area contributed by atoms with E-state index in [0.29, 0.717) is 24.9 Å². The number of rotatable bonds is 2. The van der Waals surface area contributed by atoms with Crippen LogP contribution in [-0.4, -0.2) is 42.5 Å². The molecule has 0 bridgehead atoms. The first-order valence-corrected chi connectivity index (χ1v) is 6.66. The van der Waals surface area contributed by atoms with Gasteiger partial charge in [0.05, 0.1) is 18.6 Å². The Balaban J connectivity index is 1.98. The van der Waals surface area contributed by atoms with Crippen molar-refractivity contribution in [3.05, 3.63) is 0 Å². The SMILES string of the molecule is CC1(C(=O)N2CCOC(CCl)C2)CCCC1. The number of amides is 1. The maximum Gasteiger partial charge on any atom is 0.228 e. The smallest absolute Gasteiger partial charge is 0.228 e. The van der Waals surface area contributed by atoms with E-state index in [0.717, 1.165) is 19.4 Å². The molecule has 3 nitrogen and oxygen atoms in total. The Hall–Kier alpha value is -0.280. The van der Waals surface area contributed by atoms with Crippen LogP contribution in [0.3, 0.4) is 0 Å². The van der Waals surface area contributed by atoms with E-state index in [4.69, 9.17) is 16.3 Å². The van der Waals surface area contributed by atoms with E-state index < -0.39 is 0 Å². The summed E-state index contributed by atoms with van der Waals surface area (Å²) in [6, 6.07) is 0. The van der Waals surface area contributed by atoms with Gasteiger partial charge in [-0.2, -0.15) is 0 Å². The minimum absolute atomic E-state index is 0.0179. The average Bonchev–Trinajstić information content (AvgIpc) is 2.76. The quantitative estimate of drug-likeness (QED) is 0.697. The number of hydrogen-bond acceptors (Lipinski definition) is 2. The third-order valence-electron chi connectivity index (χ3n) is 3.82. The Bertz CT molecular complexity index is 264.